The van der Waals surface area contributed by atoms with Crippen molar-refractivity contribution in [3.05, 3.63) is 95.0 Å². The van der Waals surface area contributed by atoms with Crippen LogP contribution in [0.1, 0.15) is 11.1 Å². The monoisotopic (exact) mass is 388 g/mol. The largest absolute Gasteiger partial charge is 0.369 e. The van der Waals surface area contributed by atoms with Crippen LogP contribution in [0.4, 0.5) is 11.8 Å². The van der Waals surface area contributed by atoms with Gasteiger partial charge in [-0.25, -0.2) is 4.98 Å². The highest BCUT2D eigenvalue weighted by molar-refractivity contribution is 6.31. The summed E-state index contributed by atoms with van der Waals surface area (Å²) in [6.45, 7) is 1.37. The maximum Gasteiger partial charge on any atom is 0.225 e. The molecule has 3 aromatic carbocycles. The van der Waals surface area contributed by atoms with E-state index in [-0.39, 0.29) is 0 Å². The Kier molecular flexibility index (Phi) is 5.69. The van der Waals surface area contributed by atoms with E-state index in [4.69, 9.17) is 16.6 Å². The van der Waals surface area contributed by atoms with E-state index in [1.54, 1.807) is 0 Å². The first-order valence-electron chi connectivity index (χ1n) is 9.31. The van der Waals surface area contributed by atoms with Crippen LogP contribution in [0.25, 0.3) is 10.9 Å². The molecule has 0 bridgehead atoms. The molecular weight excluding hydrogens is 368 g/mol. The second-order valence-corrected chi connectivity index (χ2v) is 6.93. The van der Waals surface area contributed by atoms with Gasteiger partial charge < -0.3 is 10.6 Å². The molecule has 5 heteroatoms. The third-order valence-electron chi connectivity index (χ3n) is 4.55. The van der Waals surface area contributed by atoms with Crippen molar-refractivity contribution in [2.45, 2.75) is 13.0 Å². The minimum Gasteiger partial charge on any atom is -0.369 e. The maximum absolute atomic E-state index is 6.25. The molecule has 4 aromatic rings. The lowest BCUT2D eigenvalue weighted by molar-refractivity contribution is 1.00. The summed E-state index contributed by atoms with van der Waals surface area (Å²) in [4.78, 5) is 9.34. The second kappa shape index (κ2) is 8.72. The molecule has 0 spiro atoms. The molecule has 1 aromatic heterocycles. The fraction of sp³-hybridized carbons (Fsp3) is 0.130. The summed E-state index contributed by atoms with van der Waals surface area (Å²) in [6, 6.07) is 26.2. The van der Waals surface area contributed by atoms with Gasteiger partial charge in [-0.1, -0.05) is 72.3 Å². The minimum atomic E-state index is 0.571. The molecule has 0 amide bonds. The van der Waals surface area contributed by atoms with Crippen LogP contribution in [0, 0.1) is 0 Å². The van der Waals surface area contributed by atoms with Gasteiger partial charge in [-0.05, 0) is 35.7 Å². The van der Waals surface area contributed by atoms with Crippen LogP contribution in [0.5, 0.6) is 0 Å². The van der Waals surface area contributed by atoms with Gasteiger partial charge in [0.1, 0.15) is 5.82 Å². The van der Waals surface area contributed by atoms with Gasteiger partial charge in [0.25, 0.3) is 0 Å². The van der Waals surface area contributed by atoms with Crippen LogP contribution in [0.2, 0.25) is 5.02 Å². The van der Waals surface area contributed by atoms with Crippen LogP contribution in [0.3, 0.4) is 0 Å². The number of para-hydroxylation sites is 1. The smallest absolute Gasteiger partial charge is 0.225 e. The molecule has 0 fully saturated rings. The van der Waals surface area contributed by atoms with Gasteiger partial charge in [-0.3, -0.25) is 0 Å². The molecule has 28 heavy (non-hydrogen) atoms. The van der Waals surface area contributed by atoms with Gasteiger partial charge in [0.15, 0.2) is 0 Å². The fourth-order valence-electron chi connectivity index (χ4n) is 3.08. The predicted octanol–water partition coefficient (Wildman–Crippen LogP) is 5.55. The molecule has 0 saturated heterocycles. The summed E-state index contributed by atoms with van der Waals surface area (Å²) >= 11 is 6.25. The van der Waals surface area contributed by atoms with Crippen LogP contribution in [-0.4, -0.2) is 16.5 Å². The lowest BCUT2D eigenvalue weighted by Crippen LogP contribution is -2.10. The first-order chi connectivity index (χ1) is 13.8. The number of halogens is 1. The van der Waals surface area contributed by atoms with E-state index in [0.717, 1.165) is 40.3 Å². The molecular formula is C23H21ClN4. The summed E-state index contributed by atoms with van der Waals surface area (Å²) < 4.78 is 0. The van der Waals surface area contributed by atoms with Crippen molar-refractivity contribution < 1.29 is 0 Å². The summed E-state index contributed by atoms with van der Waals surface area (Å²) in [6.07, 6.45) is 0.932. The second-order valence-electron chi connectivity index (χ2n) is 6.52. The molecule has 2 N–H and O–H groups in total. The molecule has 0 aliphatic carbocycles. The number of anilines is 2. The minimum absolute atomic E-state index is 0.571. The summed E-state index contributed by atoms with van der Waals surface area (Å²) in [5.41, 5.74) is 3.21. The van der Waals surface area contributed by atoms with Crippen LogP contribution in [0.15, 0.2) is 78.9 Å². The SMILES string of the molecule is Clc1ccccc1CNc1nc(NCCc2ccccc2)c2ccccc2n1. The third kappa shape index (κ3) is 4.41. The van der Waals surface area contributed by atoms with Gasteiger partial charge in [-0.2, -0.15) is 4.98 Å². The Morgan fingerprint density at radius 3 is 2.36 bits per heavy atom. The quantitative estimate of drug-likeness (QED) is 0.435. The lowest BCUT2D eigenvalue weighted by Gasteiger charge is -2.12. The molecule has 0 aliphatic rings. The standard InChI is InChI=1S/C23H21ClN4/c24-20-12-6-4-10-18(20)16-26-23-27-21-13-7-5-11-19(21)22(28-23)25-15-14-17-8-2-1-3-9-17/h1-13H,14-16H2,(H2,25,26,27,28). The maximum atomic E-state index is 6.25. The van der Waals surface area contributed by atoms with Crippen molar-refractivity contribution in [2.75, 3.05) is 17.2 Å². The molecule has 140 valence electrons. The van der Waals surface area contributed by atoms with Crippen molar-refractivity contribution in [1.29, 1.82) is 0 Å². The fourth-order valence-corrected chi connectivity index (χ4v) is 3.28. The van der Waals surface area contributed by atoms with E-state index >= 15 is 0 Å². The van der Waals surface area contributed by atoms with Gasteiger partial charge >= 0.3 is 0 Å². The Morgan fingerprint density at radius 1 is 0.750 bits per heavy atom. The molecule has 0 aliphatic heterocycles. The zero-order valence-corrected chi connectivity index (χ0v) is 16.2. The zero-order valence-electron chi connectivity index (χ0n) is 15.4. The lowest BCUT2D eigenvalue weighted by atomic mass is 10.1. The molecule has 1 heterocycles. The van der Waals surface area contributed by atoms with Crippen molar-refractivity contribution in [2.24, 2.45) is 0 Å². The van der Waals surface area contributed by atoms with Crippen molar-refractivity contribution in [3.63, 3.8) is 0 Å². The number of fused-ring (bicyclic) bond motifs is 1. The third-order valence-corrected chi connectivity index (χ3v) is 4.92. The molecule has 4 nitrogen and oxygen atoms in total. The average molecular weight is 389 g/mol. The molecule has 0 atom stereocenters. The normalized spacial score (nSPS) is 10.8. The van der Waals surface area contributed by atoms with E-state index in [9.17, 15) is 0 Å². The predicted molar refractivity (Wildman–Crippen MR) is 117 cm³/mol. The molecule has 4 rings (SSSR count). The van der Waals surface area contributed by atoms with Gasteiger partial charge in [0.05, 0.1) is 5.52 Å². The van der Waals surface area contributed by atoms with Crippen molar-refractivity contribution in [1.82, 2.24) is 9.97 Å². The Hall–Kier alpha value is -3.11. The highest BCUT2D eigenvalue weighted by atomic mass is 35.5. The summed E-state index contributed by atoms with van der Waals surface area (Å²) in [7, 11) is 0. The first-order valence-corrected chi connectivity index (χ1v) is 9.69. The van der Waals surface area contributed by atoms with Crippen molar-refractivity contribution in [3.8, 4) is 0 Å². The van der Waals surface area contributed by atoms with Gasteiger partial charge in [-0.15, -0.1) is 0 Å². The summed E-state index contributed by atoms with van der Waals surface area (Å²) in [5.74, 6) is 1.42. The van der Waals surface area contributed by atoms with E-state index < -0.39 is 0 Å². The van der Waals surface area contributed by atoms with Crippen LogP contribution >= 0.6 is 11.6 Å². The average Bonchev–Trinajstić information content (AvgIpc) is 2.74. The van der Waals surface area contributed by atoms with E-state index in [0.29, 0.717) is 12.5 Å². The van der Waals surface area contributed by atoms with Crippen molar-refractivity contribution >= 4 is 34.3 Å². The molecule has 0 radical (unpaired) electrons. The highest BCUT2D eigenvalue weighted by Gasteiger charge is 2.08. The Morgan fingerprint density at radius 2 is 1.50 bits per heavy atom. The van der Waals surface area contributed by atoms with E-state index in [1.165, 1.54) is 5.56 Å². The zero-order chi connectivity index (χ0) is 19.2. The van der Waals surface area contributed by atoms with Gasteiger partial charge in [0.2, 0.25) is 5.95 Å². The van der Waals surface area contributed by atoms with E-state index in [1.807, 2.05) is 54.6 Å². The number of rotatable bonds is 7. The number of nitrogens with one attached hydrogen (secondary N) is 2. The summed E-state index contributed by atoms with van der Waals surface area (Å²) in [5, 5.41) is 8.51. The first kappa shape index (κ1) is 18.3. The topological polar surface area (TPSA) is 49.8 Å². The highest BCUT2D eigenvalue weighted by Crippen LogP contribution is 2.23. The Balaban J connectivity index is 1.52. The van der Waals surface area contributed by atoms with E-state index in [2.05, 4.69) is 39.9 Å². The molecule has 0 unspecified atom stereocenters. The Bertz CT molecular complexity index is 1070. The van der Waals surface area contributed by atoms with Crippen LogP contribution in [-0.2, 0) is 13.0 Å². The number of benzene rings is 3. The number of nitrogens with zero attached hydrogens (tertiary/aromatic N) is 2. The number of aromatic nitrogens is 2. The Labute approximate surface area is 169 Å². The van der Waals surface area contributed by atoms with Gasteiger partial charge in [0, 0.05) is 23.5 Å². The number of hydrogen-bond acceptors (Lipinski definition) is 4. The molecule has 0 saturated carbocycles. The number of hydrogen-bond donors (Lipinski definition) is 2. The van der Waals surface area contributed by atoms with Crippen LogP contribution < -0.4 is 10.6 Å².